The lowest BCUT2D eigenvalue weighted by molar-refractivity contribution is 0.0753. The molecular formula is C18H26N4O3. The fourth-order valence-corrected chi connectivity index (χ4v) is 3.34. The zero-order valence-electron chi connectivity index (χ0n) is 15.0. The largest absolute Gasteiger partial charge is 0.395 e. The van der Waals surface area contributed by atoms with Crippen molar-refractivity contribution in [3.63, 3.8) is 0 Å². The van der Waals surface area contributed by atoms with Gasteiger partial charge in [0, 0.05) is 38.3 Å². The molecule has 0 radical (unpaired) electrons. The summed E-state index contributed by atoms with van der Waals surface area (Å²) in [5, 5.41) is 12.2. The van der Waals surface area contributed by atoms with Gasteiger partial charge in [-0.05, 0) is 32.0 Å². The summed E-state index contributed by atoms with van der Waals surface area (Å²) in [4.78, 5) is 19.3. The lowest BCUT2D eigenvalue weighted by Gasteiger charge is -2.20. The van der Waals surface area contributed by atoms with Crippen LogP contribution in [0.3, 0.4) is 0 Å². The number of aliphatic hydroxyl groups excluding tert-OH is 1. The number of rotatable bonds is 6. The van der Waals surface area contributed by atoms with Crippen LogP contribution >= 0.6 is 0 Å². The van der Waals surface area contributed by atoms with Crippen molar-refractivity contribution in [1.29, 1.82) is 0 Å². The average Bonchev–Trinajstić information content (AvgIpc) is 3.19. The topological polar surface area (TPSA) is 79.6 Å². The van der Waals surface area contributed by atoms with E-state index in [0.717, 1.165) is 24.1 Å². The minimum absolute atomic E-state index is 0.00107. The summed E-state index contributed by atoms with van der Waals surface area (Å²) in [6.45, 7) is 6.45. The highest BCUT2D eigenvalue weighted by Crippen LogP contribution is 2.18. The molecule has 0 unspecified atom stereocenters. The first-order valence-electron chi connectivity index (χ1n) is 8.67. The fourth-order valence-electron chi connectivity index (χ4n) is 3.34. The maximum Gasteiger partial charge on any atom is 0.251 e. The molecule has 2 heterocycles. The molecule has 2 aromatic rings. The number of aromatic nitrogens is 2. The quantitative estimate of drug-likeness (QED) is 0.811. The zero-order chi connectivity index (χ0) is 18.0. The van der Waals surface area contributed by atoms with Crippen molar-refractivity contribution in [2.75, 3.05) is 26.8 Å². The number of aliphatic hydroxyl groups is 1. The maximum absolute atomic E-state index is 12.7. The second kappa shape index (κ2) is 7.51. The summed E-state index contributed by atoms with van der Waals surface area (Å²) < 4.78 is 7.42. The van der Waals surface area contributed by atoms with Gasteiger partial charge >= 0.3 is 0 Å². The molecule has 1 aliphatic heterocycles. The number of nitrogens with zero attached hydrogens (tertiary/aromatic N) is 3. The van der Waals surface area contributed by atoms with Crippen molar-refractivity contribution in [3.05, 3.63) is 30.1 Å². The summed E-state index contributed by atoms with van der Waals surface area (Å²) >= 11 is 0. The molecule has 0 spiro atoms. The molecular weight excluding hydrogens is 320 g/mol. The lowest BCUT2D eigenvalue weighted by Crippen LogP contribution is -2.43. The van der Waals surface area contributed by atoms with E-state index in [4.69, 9.17) is 9.84 Å². The van der Waals surface area contributed by atoms with E-state index < -0.39 is 0 Å². The third-order valence-electron chi connectivity index (χ3n) is 4.87. The van der Waals surface area contributed by atoms with Crippen LogP contribution in [0.15, 0.2) is 24.5 Å². The van der Waals surface area contributed by atoms with E-state index in [1.165, 1.54) is 0 Å². The molecule has 1 fully saturated rings. The maximum atomic E-state index is 12.7. The summed E-state index contributed by atoms with van der Waals surface area (Å²) in [6.07, 6.45) is 1.68. The van der Waals surface area contributed by atoms with E-state index >= 15 is 0 Å². The van der Waals surface area contributed by atoms with Crippen LogP contribution in [0.25, 0.3) is 11.0 Å². The first kappa shape index (κ1) is 17.8. The fraction of sp³-hybridized carbons (Fsp3) is 0.556. The number of carbonyl (C=O) groups is 1. The van der Waals surface area contributed by atoms with Crippen molar-refractivity contribution >= 4 is 16.9 Å². The number of hydrogen-bond donors (Lipinski definition) is 2. The minimum Gasteiger partial charge on any atom is -0.395 e. The van der Waals surface area contributed by atoms with Gasteiger partial charge in [-0.2, -0.15) is 0 Å². The van der Waals surface area contributed by atoms with Crippen LogP contribution in [0.4, 0.5) is 0 Å². The highest BCUT2D eigenvalue weighted by molar-refractivity contribution is 5.97. The SMILES string of the molecule is CO[C@H]1CN(C(C)C)C[C@@H]1NC(=O)c1ccc2c(c1)ncn2CCO. The van der Waals surface area contributed by atoms with Gasteiger partial charge in [0.2, 0.25) is 0 Å². The van der Waals surface area contributed by atoms with E-state index in [9.17, 15) is 4.79 Å². The predicted octanol–water partition coefficient (Wildman–Crippen LogP) is 0.866. The van der Waals surface area contributed by atoms with E-state index in [2.05, 4.69) is 29.0 Å². The second-order valence-electron chi connectivity index (χ2n) is 6.77. The molecule has 0 saturated carbocycles. The zero-order valence-corrected chi connectivity index (χ0v) is 15.0. The van der Waals surface area contributed by atoms with Crippen LogP contribution in [0.5, 0.6) is 0 Å². The Balaban J connectivity index is 1.73. The number of imidazole rings is 1. The molecule has 3 rings (SSSR count). The van der Waals surface area contributed by atoms with Crippen LogP contribution < -0.4 is 5.32 Å². The molecule has 2 atom stereocenters. The number of amides is 1. The highest BCUT2D eigenvalue weighted by Gasteiger charge is 2.35. The summed E-state index contributed by atoms with van der Waals surface area (Å²) in [7, 11) is 1.69. The van der Waals surface area contributed by atoms with Crippen LogP contribution in [0.2, 0.25) is 0 Å². The lowest BCUT2D eigenvalue weighted by atomic mass is 10.1. The summed E-state index contributed by atoms with van der Waals surface area (Å²) in [6, 6.07) is 5.85. The summed E-state index contributed by atoms with van der Waals surface area (Å²) in [5.41, 5.74) is 2.24. The van der Waals surface area contributed by atoms with Gasteiger partial charge in [0.25, 0.3) is 5.91 Å². The van der Waals surface area contributed by atoms with Gasteiger partial charge in [0.1, 0.15) is 0 Å². The first-order chi connectivity index (χ1) is 12.0. The molecule has 1 amide bonds. The van der Waals surface area contributed by atoms with Gasteiger partial charge < -0.3 is 19.7 Å². The Hall–Kier alpha value is -1.96. The summed E-state index contributed by atoms with van der Waals surface area (Å²) in [5.74, 6) is -0.115. The second-order valence-corrected chi connectivity index (χ2v) is 6.77. The minimum atomic E-state index is -0.115. The Bertz CT molecular complexity index is 743. The third kappa shape index (κ3) is 3.68. The molecule has 1 aromatic heterocycles. The Kier molecular flexibility index (Phi) is 5.36. The van der Waals surface area contributed by atoms with Crippen molar-refractivity contribution in [2.24, 2.45) is 0 Å². The monoisotopic (exact) mass is 346 g/mol. The molecule has 0 bridgehead atoms. The number of fused-ring (bicyclic) bond motifs is 1. The van der Waals surface area contributed by atoms with Crippen LogP contribution in [0.1, 0.15) is 24.2 Å². The van der Waals surface area contributed by atoms with Gasteiger partial charge in [0.15, 0.2) is 0 Å². The van der Waals surface area contributed by atoms with Gasteiger partial charge in [0.05, 0.1) is 36.1 Å². The van der Waals surface area contributed by atoms with E-state index in [-0.39, 0.29) is 24.7 Å². The van der Waals surface area contributed by atoms with Crippen LogP contribution in [-0.4, -0.2) is 70.5 Å². The predicted molar refractivity (Wildman–Crippen MR) is 95.6 cm³/mol. The van der Waals surface area contributed by atoms with Crippen molar-refractivity contribution < 1.29 is 14.6 Å². The van der Waals surface area contributed by atoms with Gasteiger partial charge in [-0.15, -0.1) is 0 Å². The van der Waals surface area contributed by atoms with Gasteiger partial charge in [-0.1, -0.05) is 0 Å². The molecule has 1 aromatic carbocycles. The van der Waals surface area contributed by atoms with E-state index in [1.54, 1.807) is 25.6 Å². The number of methoxy groups -OCH3 is 1. The third-order valence-corrected chi connectivity index (χ3v) is 4.87. The number of benzene rings is 1. The normalized spacial score (nSPS) is 21.3. The Labute approximate surface area is 147 Å². The standard InChI is InChI=1S/C18H26N4O3/c1-12(2)22-9-15(17(10-22)25-3)20-18(24)13-4-5-16-14(8-13)19-11-21(16)6-7-23/h4-5,8,11-12,15,17,23H,6-7,9-10H2,1-3H3,(H,20,24)/t15-,17-/m0/s1. The Morgan fingerprint density at radius 3 is 2.92 bits per heavy atom. The van der Waals surface area contributed by atoms with Gasteiger partial charge in [-0.25, -0.2) is 4.98 Å². The molecule has 7 heteroatoms. The number of nitrogens with one attached hydrogen (secondary N) is 1. The number of carbonyl (C=O) groups excluding carboxylic acids is 1. The van der Waals surface area contributed by atoms with Gasteiger partial charge in [-0.3, -0.25) is 9.69 Å². The van der Waals surface area contributed by atoms with Crippen LogP contribution in [-0.2, 0) is 11.3 Å². The Morgan fingerprint density at radius 2 is 2.24 bits per heavy atom. The molecule has 1 saturated heterocycles. The van der Waals surface area contributed by atoms with Crippen molar-refractivity contribution in [2.45, 2.75) is 38.6 Å². The molecule has 7 nitrogen and oxygen atoms in total. The number of hydrogen-bond acceptors (Lipinski definition) is 5. The molecule has 2 N–H and O–H groups in total. The van der Waals surface area contributed by atoms with E-state index in [1.807, 2.05) is 10.6 Å². The highest BCUT2D eigenvalue weighted by atomic mass is 16.5. The van der Waals surface area contributed by atoms with Crippen LogP contribution in [0, 0.1) is 0 Å². The van der Waals surface area contributed by atoms with Crippen molar-refractivity contribution in [1.82, 2.24) is 19.8 Å². The molecule has 0 aliphatic carbocycles. The molecule has 136 valence electrons. The van der Waals surface area contributed by atoms with E-state index in [0.29, 0.717) is 18.2 Å². The molecule has 25 heavy (non-hydrogen) atoms. The first-order valence-corrected chi connectivity index (χ1v) is 8.67. The smallest absolute Gasteiger partial charge is 0.251 e. The average molecular weight is 346 g/mol. The number of likely N-dealkylation sites (tertiary alicyclic amines) is 1. The van der Waals surface area contributed by atoms with Crippen molar-refractivity contribution in [3.8, 4) is 0 Å². The Morgan fingerprint density at radius 1 is 1.44 bits per heavy atom. The molecule has 1 aliphatic rings. The number of ether oxygens (including phenoxy) is 1.